The van der Waals surface area contributed by atoms with Gasteiger partial charge in [-0.2, -0.15) is 0 Å². The van der Waals surface area contributed by atoms with Gasteiger partial charge in [0.05, 0.1) is 13.2 Å². The molecule has 0 aromatic heterocycles. The monoisotopic (exact) mass is 208 g/mol. The van der Waals surface area contributed by atoms with Crippen molar-refractivity contribution >= 4 is 0 Å². The number of hydrogen-bond donors (Lipinski definition) is 2. The molecular formula is C12H20N2O. The molecule has 0 saturated heterocycles. The van der Waals surface area contributed by atoms with Crippen molar-refractivity contribution in [1.29, 1.82) is 0 Å². The van der Waals surface area contributed by atoms with Crippen molar-refractivity contribution in [3.63, 3.8) is 0 Å². The zero-order valence-corrected chi connectivity index (χ0v) is 9.49. The van der Waals surface area contributed by atoms with E-state index < -0.39 is 0 Å². The summed E-state index contributed by atoms with van der Waals surface area (Å²) in [4.78, 5) is 0. The van der Waals surface area contributed by atoms with Gasteiger partial charge in [-0.3, -0.25) is 10.9 Å². The van der Waals surface area contributed by atoms with Crippen molar-refractivity contribution < 1.29 is 4.74 Å². The Morgan fingerprint density at radius 2 is 2.00 bits per heavy atom. The molecule has 0 heterocycles. The summed E-state index contributed by atoms with van der Waals surface area (Å²) in [6, 6.07) is 10.2. The van der Waals surface area contributed by atoms with Crippen molar-refractivity contribution in [3.8, 4) is 0 Å². The van der Waals surface area contributed by atoms with E-state index in [0.717, 1.165) is 13.2 Å². The minimum absolute atomic E-state index is 0.515. The first-order valence-electron chi connectivity index (χ1n) is 5.34. The van der Waals surface area contributed by atoms with E-state index in [-0.39, 0.29) is 0 Å². The van der Waals surface area contributed by atoms with Gasteiger partial charge in [0.2, 0.25) is 0 Å². The Balaban J connectivity index is 2.11. The molecule has 15 heavy (non-hydrogen) atoms. The van der Waals surface area contributed by atoms with Gasteiger partial charge in [0.15, 0.2) is 0 Å². The molecule has 2 N–H and O–H groups in total. The van der Waals surface area contributed by atoms with Gasteiger partial charge >= 0.3 is 0 Å². The Bertz CT molecular complexity index is 251. The topological polar surface area (TPSA) is 33.3 Å². The predicted molar refractivity (Wildman–Crippen MR) is 62.3 cm³/mol. The first-order chi connectivity index (χ1) is 7.33. The van der Waals surface area contributed by atoms with E-state index in [4.69, 9.17) is 4.74 Å². The molecule has 0 aliphatic rings. The average molecular weight is 208 g/mol. The van der Waals surface area contributed by atoms with Gasteiger partial charge in [0, 0.05) is 6.54 Å². The number of hydrogen-bond acceptors (Lipinski definition) is 3. The summed E-state index contributed by atoms with van der Waals surface area (Å²) in [6.45, 7) is 4.56. The third-order valence-corrected chi connectivity index (χ3v) is 2.14. The van der Waals surface area contributed by atoms with Crippen LogP contribution in [0.3, 0.4) is 0 Å². The first kappa shape index (κ1) is 12.2. The van der Waals surface area contributed by atoms with Crippen LogP contribution in [-0.4, -0.2) is 20.2 Å². The van der Waals surface area contributed by atoms with Crippen LogP contribution >= 0.6 is 0 Å². The summed E-state index contributed by atoms with van der Waals surface area (Å²) in [5.41, 5.74) is 7.20. The maximum absolute atomic E-state index is 5.61. The molecule has 0 saturated carbocycles. The molecule has 3 nitrogen and oxygen atoms in total. The van der Waals surface area contributed by atoms with Gasteiger partial charge in [0.1, 0.15) is 0 Å². The zero-order chi connectivity index (χ0) is 10.9. The van der Waals surface area contributed by atoms with E-state index in [2.05, 4.69) is 29.9 Å². The minimum Gasteiger partial charge on any atom is -0.376 e. The fraction of sp³-hybridized carbons (Fsp3) is 0.500. The molecule has 0 fully saturated rings. The van der Waals surface area contributed by atoms with E-state index in [0.29, 0.717) is 12.5 Å². The maximum atomic E-state index is 5.61. The van der Waals surface area contributed by atoms with Crippen molar-refractivity contribution in [1.82, 2.24) is 10.9 Å². The summed E-state index contributed by atoms with van der Waals surface area (Å²) in [5, 5.41) is 0. The average Bonchev–Trinajstić information content (AvgIpc) is 2.28. The number of nitrogens with one attached hydrogen (secondary N) is 2. The lowest BCUT2D eigenvalue weighted by atomic mass is 10.2. The first-order valence-corrected chi connectivity index (χ1v) is 5.34. The maximum Gasteiger partial charge on any atom is 0.0717 e. The Hall–Kier alpha value is -0.900. The number of rotatable bonds is 7. The highest BCUT2D eigenvalue weighted by atomic mass is 16.5. The predicted octanol–water partition coefficient (Wildman–Crippen LogP) is 1.56. The van der Waals surface area contributed by atoms with Crippen LogP contribution < -0.4 is 10.9 Å². The molecular weight excluding hydrogens is 188 g/mol. The van der Waals surface area contributed by atoms with Crippen molar-refractivity contribution in [2.45, 2.75) is 13.5 Å². The summed E-state index contributed by atoms with van der Waals surface area (Å²) in [7, 11) is 1.87. The Labute approximate surface area is 91.8 Å². The third-order valence-electron chi connectivity index (χ3n) is 2.14. The summed E-state index contributed by atoms with van der Waals surface area (Å²) < 4.78 is 5.61. The van der Waals surface area contributed by atoms with Gasteiger partial charge in [-0.25, -0.2) is 0 Å². The van der Waals surface area contributed by atoms with Crippen LogP contribution in [0, 0.1) is 5.92 Å². The second-order valence-corrected chi connectivity index (χ2v) is 3.74. The molecule has 1 aromatic rings. The van der Waals surface area contributed by atoms with Crippen LogP contribution in [0.5, 0.6) is 0 Å². The molecule has 0 spiro atoms. The van der Waals surface area contributed by atoms with Crippen LogP contribution in [0.25, 0.3) is 0 Å². The highest BCUT2D eigenvalue weighted by molar-refractivity contribution is 5.13. The highest BCUT2D eigenvalue weighted by Gasteiger charge is 2.00. The van der Waals surface area contributed by atoms with E-state index in [1.807, 2.05) is 25.2 Å². The molecule has 0 amide bonds. The molecule has 1 aromatic carbocycles. The molecule has 1 unspecified atom stereocenters. The SMILES string of the molecule is CNNCC(C)COCc1ccccc1. The molecule has 84 valence electrons. The molecule has 3 heteroatoms. The van der Waals surface area contributed by atoms with Gasteiger partial charge in [-0.15, -0.1) is 0 Å². The fourth-order valence-electron chi connectivity index (χ4n) is 1.29. The number of hydrazine groups is 1. The van der Waals surface area contributed by atoms with Gasteiger partial charge in [0.25, 0.3) is 0 Å². The minimum atomic E-state index is 0.515. The lowest BCUT2D eigenvalue weighted by molar-refractivity contribution is 0.0910. The second kappa shape index (κ2) is 7.40. The smallest absolute Gasteiger partial charge is 0.0717 e. The van der Waals surface area contributed by atoms with Crippen LogP contribution in [0.15, 0.2) is 30.3 Å². The van der Waals surface area contributed by atoms with E-state index in [1.54, 1.807) is 0 Å². The van der Waals surface area contributed by atoms with Gasteiger partial charge < -0.3 is 4.74 Å². The number of benzene rings is 1. The summed E-state index contributed by atoms with van der Waals surface area (Å²) in [6.07, 6.45) is 0. The summed E-state index contributed by atoms with van der Waals surface area (Å²) in [5.74, 6) is 0.515. The second-order valence-electron chi connectivity index (χ2n) is 3.74. The van der Waals surface area contributed by atoms with Crippen LogP contribution in [0.1, 0.15) is 12.5 Å². The number of ether oxygens (including phenoxy) is 1. The molecule has 1 rings (SSSR count). The van der Waals surface area contributed by atoms with Crippen LogP contribution in [0.4, 0.5) is 0 Å². The van der Waals surface area contributed by atoms with Gasteiger partial charge in [-0.05, 0) is 18.5 Å². The fourth-order valence-corrected chi connectivity index (χ4v) is 1.29. The standard InChI is InChI=1S/C12H20N2O/c1-11(8-14-13-2)9-15-10-12-6-4-3-5-7-12/h3-7,11,13-14H,8-10H2,1-2H3. The largest absolute Gasteiger partial charge is 0.376 e. The van der Waals surface area contributed by atoms with Crippen molar-refractivity contribution in [3.05, 3.63) is 35.9 Å². The lowest BCUT2D eigenvalue weighted by Crippen LogP contribution is -2.33. The quantitative estimate of drug-likeness (QED) is 0.667. The Morgan fingerprint density at radius 1 is 1.27 bits per heavy atom. The van der Waals surface area contributed by atoms with E-state index in [1.165, 1.54) is 5.56 Å². The van der Waals surface area contributed by atoms with Gasteiger partial charge in [-0.1, -0.05) is 37.3 Å². The van der Waals surface area contributed by atoms with Crippen molar-refractivity contribution in [2.75, 3.05) is 20.2 Å². The highest BCUT2D eigenvalue weighted by Crippen LogP contribution is 2.02. The molecule has 0 bridgehead atoms. The van der Waals surface area contributed by atoms with E-state index >= 15 is 0 Å². The van der Waals surface area contributed by atoms with Crippen LogP contribution in [-0.2, 0) is 11.3 Å². The zero-order valence-electron chi connectivity index (χ0n) is 9.49. The normalized spacial score (nSPS) is 12.7. The van der Waals surface area contributed by atoms with Crippen molar-refractivity contribution in [2.24, 2.45) is 5.92 Å². The lowest BCUT2D eigenvalue weighted by Gasteiger charge is -2.12. The molecule has 0 aliphatic heterocycles. The molecule has 1 atom stereocenters. The Morgan fingerprint density at radius 3 is 2.67 bits per heavy atom. The van der Waals surface area contributed by atoms with E-state index in [9.17, 15) is 0 Å². The molecule has 0 radical (unpaired) electrons. The molecule has 0 aliphatic carbocycles. The summed E-state index contributed by atoms with van der Waals surface area (Å²) >= 11 is 0. The third kappa shape index (κ3) is 5.52. The van der Waals surface area contributed by atoms with Crippen LogP contribution in [0.2, 0.25) is 0 Å². The Kier molecular flexibility index (Phi) is 6.00.